The van der Waals surface area contributed by atoms with Gasteiger partial charge in [-0.1, -0.05) is 57.7 Å². The van der Waals surface area contributed by atoms with Gasteiger partial charge in [-0.15, -0.1) is 0 Å². The summed E-state index contributed by atoms with van der Waals surface area (Å²) < 4.78 is 6.28. The maximum atomic E-state index is 5.17. The van der Waals surface area contributed by atoms with E-state index in [4.69, 9.17) is 4.74 Å². The Balaban J connectivity index is 2.76. The van der Waals surface area contributed by atoms with Gasteiger partial charge in [0.25, 0.3) is 0 Å². The maximum absolute atomic E-state index is 5.17. The van der Waals surface area contributed by atoms with Gasteiger partial charge >= 0.3 is 0 Å². The van der Waals surface area contributed by atoms with E-state index < -0.39 is 0 Å². The van der Waals surface area contributed by atoms with Gasteiger partial charge in [-0.3, -0.25) is 0 Å². The van der Waals surface area contributed by atoms with E-state index in [-0.39, 0.29) is 0 Å². The van der Waals surface area contributed by atoms with Gasteiger partial charge in [0.1, 0.15) is 5.75 Å². The number of methoxy groups -OCH3 is 1. The number of ether oxygens (including phenoxy) is 1. The summed E-state index contributed by atoms with van der Waals surface area (Å²) in [5.74, 6) is 0.890. The number of hydrogen-bond acceptors (Lipinski definition) is 1. The predicted octanol–water partition coefficient (Wildman–Crippen LogP) is 5.08. The van der Waals surface area contributed by atoms with Crippen molar-refractivity contribution >= 4 is 31.9 Å². The van der Waals surface area contributed by atoms with Crippen molar-refractivity contribution < 1.29 is 4.74 Å². The predicted molar refractivity (Wildman–Crippen MR) is 71.9 cm³/mol. The smallest absolute Gasteiger partial charge is 0.120 e. The van der Waals surface area contributed by atoms with Gasteiger partial charge in [0.15, 0.2) is 0 Å². The molecule has 1 atom stereocenters. The minimum atomic E-state index is 0.428. The van der Waals surface area contributed by atoms with Crippen LogP contribution >= 0.6 is 31.9 Å². The third-order valence-electron chi connectivity index (χ3n) is 2.36. The topological polar surface area (TPSA) is 9.23 Å². The van der Waals surface area contributed by atoms with Gasteiger partial charge < -0.3 is 4.74 Å². The van der Waals surface area contributed by atoms with Crippen LogP contribution in [0.5, 0.6) is 5.75 Å². The quantitative estimate of drug-likeness (QED) is 0.681. The first-order valence-corrected chi connectivity index (χ1v) is 6.87. The van der Waals surface area contributed by atoms with Crippen molar-refractivity contribution in [1.82, 2.24) is 0 Å². The second-order valence-corrected chi connectivity index (χ2v) is 5.46. The molecule has 0 aliphatic carbocycles. The van der Waals surface area contributed by atoms with E-state index >= 15 is 0 Å². The van der Waals surface area contributed by atoms with E-state index in [0.717, 1.165) is 10.2 Å². The highest BCUT2D eigenvalue weighted by molar-refractivity contribution is 9.11. The molecule has 0 aliphatic heterocycles. The molecule has 1 rings (SSSR count). The zero-order valence-electron chi connectivity index (χ0n) is 9.09. The molecule has 1 aromatic carbocycles. The van der Waals surface area contributed by atoms with Gasteiger partial charge in [-0.25, -0.2) is 0 Å². The number of benzene rings is 1. The Bertz CT molecular complexity index is 312. The number of halogens is 2. The molecule has 15 heavy (non-hydrogen) atoms. The van der Waals surface area contributed by atoms with Crippen LogP contribution in [0, 0.1) is 0 Å². The zero-order valence-corrected chi connectivity index (χ0v) is 12.3. The van der Waals surface area contributed by atoms with E-state index in [1.165, 1.54) is 24.8 Å². The molecule has 0 aliphatic rings. The molecular weight excluding hydrogens is 320 g/mol. The minimum absolute atomic E-state index is 0.428. The van der Waals surface area contributed by atoms with Crippen LogP contribution in [-0.2, 0) is 0 Å². The van der Waals surface area contributed by atoms with Gasteiger partial charge in [0, 0.05) is 9.30 Å². The Morgan fingerprint density at radius 2 is 2.13 bits per heavy atom. The highest BCUT2D eigenvalue weighted by Gasteiger charge is 2.11. The maximum Gasteiger partial charge on any atom is 0.120 e. The molecule has 1 nitrogen and oxygen atoms in total. The SMILES string of the molecule is CCCCC(Br)c1ccc(OC)cc1Br. The summed E-state index contributed by atoms with van der Waals surface area (Å²) >= 11 is 7.28. The van der Waals surface area contributed by atoms with Crippen LogP contribution < -0.4 is 4.74 Å². The first-order valence-electron chi connectivity index (χ1n) is 5.16. The molecular formula is C12H16Br2O. The molecule has 0 bridgehead atoms. The first kappa shape index (κ1) is 13.0. The van der Waals surface area contributed by atoms with E-state index in [0.29, 0.717) is 4.83 Å². The fourth-order valence-electron chi connectivity index (χ4n) is 1.43. The highest BCUT2D eigenvalue weighted by atomic mass is 79.9. The van der Waals surface area contributed by atoms with Crippen LogP contribution in [0.25, 0.3) is 0 Å². The molecule has 0 aromatic heterocycles. The Morgan fingerprint density at radius 3 is 2.67 bits per heavy atom. The van der Waals surface area contributed by atoms with Crippen molar-refractivity contribution in [2.24, 2.45) is 0 Å². The first-order chi connectivity index (χ1) is 7.19. The second kappa shape index (κ2) is 6.54. The van der Waals surface area contributed by atoms with Crippen LogP contribution in [0.4, 0.5) is 0 Å². The summed E-state index contributed by atoms with van der Waals surface area (Å²) in [6, 6.07) is 6.12. The van der Waals surface area contributed by atoms with Gasteiger partial charge in [0.2, 0.25) is 0 Å². The fraction of sp³-hybridized carbons (Fsp3) is 0.500. The summed E-state index contributed by atoms with van der Waals surface area (Å²) in [7, 11) is 1.68. The van der Waals surface area contributed by atoms with Crippen molar-refractivity contribution in [2.45, 2.75) is 31.0 Å². The molecule has 84 valence electrons. The zero-order chi connectivity index (χ0) is 11.3. The normalized spacial score (nSPS) is 12.5. The number of unbranched alkanes of at least 4 members (excludes halogenated alkanes) is 1. The molecule has 0 N–H and O–H groups in total. The van der Waals surface area contributed by atoms with Crippen molar-refractivity contribution in [3.63, 3.8) is 0 Å². The monoisotopic (exact) mass is 334 g/mol. The molecule has 0 heterocycles. The Kier molecular flexibility index (Phi) is 5.69. The number of rotatable bonds is 5. The molecule has 3 heteroatoms. The lowest BCUT2D eigenvalue weighted by atomic mass is 10.1. The van der Waals surface area contributed by atoms with Gasteiger partial charge in [0.05, 0.1) is 7.11 Å². The van der Waals surface area contributed by atoms with E-state index in [1.807, 2.05) is 12.1 Å². The molecule has 1 unspecified atom stereocenters. The summed E-state index contributed by atoms with van der Waals surface area (Å²) in [6.45, 7) is 2.21. The lowest BCUT2D eigenvalue weighted by Crippen LogP contribution is -1.92. The van der Waals surface area contributed by atoms with Crippen LogP contribution in [-0.4, -0.2) is 7.11 Å². The van der Waals surface area contributed by atoms with E-state index in [9.17, 15) is 0 Å². The molecule has 0 spiro atoms. The molecule has 1 aromatic rings. The van der Waals surface area contributed by atoms with Gasteiger partial charge in [-0.05, 0) is 24.1 Å². The molecule has 0 saturated heterocycles. The average Bonchev–Trinajstić information content (AvgIpc) is 2.25. The minimum Gasteiger partial charge on any atom is -0.497 e. The van der Waals surface area contributed by atoms with E-state index in [1.54, 1.807) is 7.11 Å². The number of alkyl halides is 1. The summed E-state index contributed by atoms with van der Waals surface area (Å²) in [6.07, 6.45) is 3.64. The van der Waals surface area contributed by atoms with Crippen molar-refractivity contribution in [2.75, 3.05) is 7.11 Å². The Labute approximate surface area is 108 Å². The van der Waals surface area contributed by atoms with E-state index in [2.05, 4.69) is 44.8 Å². The van der Waals surface area contributed by atoms with Gasteiger partial charge in [-0.2, -0.15) is 0 Å². The van der Waals surface area contributed by atoms with Crippen LogP contribution in [0.3, 0.4) is 0 Å². The van der Waals surface area contributed by atoms with Crippen LogP contribution in [0.1, 0.15) is 36.6 Å². The van der Waals surface area contributed by atoms with Crippen LogP contribution in [0.15, 0.2) is 22.7 Å². The standard InChI is InChI=1S/C12H16Br2O/c1-3-4-5-11(13)10-7-6-9(15-2)8-12(10)14/h6-8,11H,3-5H2,1-2H3. The third kappa shape index (κ3) is 3.80. The summed E-state index contributed by atoms with van der Waals surface area (Å²) in [5, 5.41) is 0. The largest absolute Gasteiger partial charge is 0.497 e. The average molecular weight is 336 g/mol. The lowest BCUT2D eigenvalue weighted by Gasteiger charge is -2.12. The molecule has 0 saturated carbocycles. The summed E-state index contributed by atoms with van der Waals surface area (Å²) in [5.41, 5.74) is 1.30. The van der Waals surface area contributed by atoms with Crippen molar-refractivity contribution in [3.8, 4) is 5.75 Å². The third-order valence-corrected chi connectivity index (χ3v) is 3.99. The van der Waals surface area contributed by atoms with Crippen molar-refractivity contribution in [1.29, 1.82) is 0 Å². The molecule has 0 radical (unpaired) electrons. The Hall–Kier alpha value is -0.0200. The Morgan fingerprint density at radius 1 is 1.40 bits per heavy atom. The summed E-state index contributed by atoms with van der Waals surface area (Å²) in [4.78, 5) is 0.428. The van der Waals surface area contributed by atoms with Crippen molar-refractivity contribution in [3.05, 3.63) is 28.2 Å². The lowest BCUT2D eigenvalue weighted by molar-refractivity contribution is 0.414. The second-order valence-electron chi connectivity index (χ2n) is 3.50. The van der Waals surface area contributed by atoms with Crippen LogP contribution in [0.2, 0.25) is 0 Å². The highest BCUT2D eigenvalue weighted by Crippen LogP contribution is 2.35. The fourth-order valence-corrected chi connectivity index (χ4v) is 3.09. The molecule has 0 fully saturated rings. The number of hydrogen-bond donors (Lipinski definition) is 0. The molecule has 0 amide bonds.